The highest BCUT2D eigenvalue weighted by Crippen LogP contribution is 2.22. The second-order valence-electron chi connectivity index (χ2n) is 6.51. The van der Waals surface area contributed by atoms with Crippen molar-refractivity contribution in [1.82, 2.24) is 10.2 Å². The molecule has 7 heteroatoms. The van der Waals surface area contributed by atoms with E-state index >= 15 is 0 Å². The lowest BCUT2D eigenvalue weighted by Gasteiger charge is -2.32. The van der Waals surface area contributed by atoms with Gasteiger partial charge >= 0.3 is 6.09 Å². The van der Waals surface area contributed by atoms with Crippen molar-refractivity contribution in [1.29, 1.82) is 0 Å². The molecule has 2 aromatic carbocycles. The van der Waals surface area contributed by atoms with Gasteiger partial charge in [0.05, 0.1) is 0 Å². The molecular weight excluding hydrogens is 348 g/mol. The van der Waals surface area contributed by atoms with E-state index in [9.17, 15) is 19.8 Å². The number of piperidine rings is 1. The minimum absolute atomic E-state index is 0.0603. The van der Waals surface area contributed by atoms with E-state index in [1.807, 2.05) is 30.3 Å². The molecular formula is C20H22N2O5. The van der Waals surface area contributed by atoms with Crippen LogP contribution >= 0.6 is 0 Å². The van der Waals surface area contributed by atoms with E-state index in [4.69, 9.17) is 4.74 Å². The number of alkyl carbamates (subject to hydrolysis) is 1. The summed E-state index contributed by atoms with van der Waals surface area (Å²) in [7, 11) is 0. The summed E-state index contributed by atoms with van der Waals surface area (Å²) in [6, 6.07) is 13.2. The van der Waals surface area contributed by atoms with Gasteiger partial charge in [-0.1, -0.05) is 30.3 Å². The van der Waals surface area contributed by atoms with Crippen molar-refractivity contribution in [3.8, 4) is 11.5 Å². The standard InChI is InChI=1S/C20H22N2O5/c23-17-10-15(11-18(24)12-17)19(25)22-8-6-16(7-9-22)21-20(26)27-13-14-4-2-1-3-5-14/h1-5,10-12,16,23-24H,6-9,13H2,(H,21,26). The Morgan fingerprint density at radius 3 is 2.30 bits per heavy atom. The first-order valence-corrected chi connectivity index (χ1v) is 8.81. The zero-order valence-corrected chi connectivity index (χ0v) is 14.8. The Morgan fingerprint density at radius 1 is 1.04 bits per heavy atom. The van der Waals surface area contributed by atoms with Crippen LogP contribution in [0, 0.1) is 0 Å². The molecule has 1 aliphatic heterocycles. The topological polar surface area (TPSA) is 99.1 Å². The number of likely N-dealkylation sites (tertiary alicyclic amines) is 1. The van der Waals surface area contributed by atoms with Gasteiger partial charge in [0.15, 0.2) is 0 Å². The van der Waals surface area contributed by atoms with E-state index in [1.54, 1.807) is 4.90 Å². The summed E-state index contributed by atoms with van der Waals surface area (Å²) >= 11 is 0. The molecule has 0 radical (unpaired) electrons. The number of carbonyl (C=O) groups excluding carboxylic acids is 2. The second-order valence-corrected chi connectivity index (χ2v) is 6.51. The number of rotatable bonds is 4. The van der Waals surface area contributed by atoms with Crippen molar-refractivity contribution in [3.63, 3.8) is 0 Å². The van der Waals surface area contributed by atoms with Crippen LogP contribution in [0.25, 0.3) is 0 Å². The van der Waals surface area contributed by atoms with Gasteiger partial charge in [0.25, 0.3) is 5.91 Å². The summed E-state index contributed by atoms with van der Waals surface area (Å²) in [4.78, 5) is 26.1. The lowest BCUT2D eigenvalue weighted by molar-refractivity contribution is 0.0700. The monoisotopic (exact) mass is 370 g/mol. The first-order chi connectivity index (χ1) is 13.0. The second kappa shape index (κ2) is 8.44. The van der Waals surface area contributed by atoms with E-state index in [0.717, 1.165) is 5.56 Å². The van der Waals surface area contributed by atoms with Crippen molar-refractivity contribution in [3.05, 3.63) is 59.7 Å². The Kier molecular flexibility index (Phi) is 5.80. The van der Waals surface area contributed by atoms with Crippen LogP contribution in [0.1, 0.15) is 28.8 Å². The number of hydrogen-bond acceptors (Lipinski definition) is 5. The number of amides is 2. The summed E-state index contributed by atoms with van der Waals surface area (Å²) in [6.45, 7) is 1.16. The zero-order chi connectivity index (χ0) is 19.2. The Labute approximate surface area is 157 Å². The van der Waals surface area contributed by atoms with Crippen LogP contribution in [0.5, 0.6) is 11.5 Å². The van der Waals surface area contributed by atoms with E-state index in [-0.39, 0.29) is 35.6 Å². The summed E-state index contributed by atoms with van der Waals surface area (Å²) in [5, 5.41) is 21.9. The highest BCUT2D eigenvalue weighted by molar-refractivity contribution is 5.95. The van der Waals surface area contributed by atoms with E-state index in [2.05, 4.69) is 5.32 Å². The van der Waals surface area contributed by atoms with Crippen molar-refractivity contribution in [2.45, 2.75) is 25.5 Å². The van der Waals surface area contributed by atoms with Gasteiger partial charge in [-0.25, -0.2) is 4.79 Å². The predicted molar refractivity (Wildman–Crippen MR) is 98.5 cm³/mol. The summed E-state index contributed by atoms with van der Waals surface area (Å²) in [6.07, 6.45) is 0.745. The fourth-order valence-electron chi connectivity index (χ4n) is 3.06. The molecule has 2 aromatic rings. The molecule has 0 saturated carbocycles. The highest BCUT2D eigenvalue weighted by atomic mass is 16.5. The molecule has 27 heavy (non-hydrogen) atoms. The molecule has 1 aliphatic rings. The maximum Gasteiger partial charge on any atom is 0.407 e. The van der Waals surface area contributed by atoms with Crippen molar-refractivity contribution >= 4 is 12.0 Å². The maximum atomic E-state index is 12.5. The smallest absolute Gasteiger partial charge is 0.407 e. The average molecular weight is 370 g/mol. The summed E-state index contributed by atoms with van der Waals surface area (Å²) in [5.74, 6) is -0.571. The first kappa shape index (κ1) is 18.6. The van der Waals surface area contributed by atoms with E-state index in [0.29, 0.717) is 25.9 Å². The molecule has 1 saturated heterocycles. The third kappa shape index (κ3) is 5.13. The van der Waals surface area contributed by atoms with Crippen LogP contribution in [-0.4, -0.2) is 46.2 Å². The number of nitrogens with zero attached hydrogens (tertiary/aromatic N) is 1. The number of benzene rings is 2. The molecule has 3 N–H and O–H groups in total. The number of hydrogen-bond donors (Lipinski definition) is 3. The minimum Gasteiger partial charge on any atom is -0.508 e. The molecule has 0 aliphatic carbocycles. The van der Waals surface area contributed by atoms with E-state index in [1.165, 1.54) is 18.2 Å². The number of carbonyl (C=O) groups is 2. The third-order valence-electron chi connectivity index (χ3n) is 4.47. The van der Waals surface area contributed by atoms with Crippen LogP contribution in [0.4, 0.5) is 4.79 Å². The molecule has 1 heterocycles. The maximum absolute atomic E-state index is 12.5. The van der Waals surface area contributed by atoms with Crippen LogP contribution < -0.4 is 5.32 Å². The quantitative estimate of drug-likeness (QED) is 0.768. The molecule has 1 fully saturated rings. The van der Waals surface area contributed by atoms with Gasteiger partial charge in [-0.3, -0.25) is 4.79 Å². The lowest BCUT2D eigenvalue weighted by Crippen LogP contribution is -2.46. The molecule has 0 unspecified atom stereocenters. The number of phenolic OH excluding ortho intramolecular Hbond substituents is 2. The number of phenols is 2. The van der Waals surface area contributed by atoms with Crippen LogP contribution in [0.15, 0.2) is 48.5 Å². The molecule has 7 nitrogen and oxygen atoms in total. The Hall–Kier alpha value is -3.22. The third-order valence-corrected chi connectivity index (χ3v) is 4.47. The Bertz CT molecular complexity index is 781. The largest absolute Gasteiger partial charge is 0.508 e. The van der Waals surface area contributed by atoms with Crippen molar-refractivity contribution < 1.29 is 24.5 Å². The average Bonchev–Trinajstić information content (AvgIpc) is 2.66. The van der Waals surface area contributed by atoms with Crippen molar-refractivity contribution in [2.24, 2.45) is 0 Å². The predicted octanol–water partition coefficient (Wildman–Crippen LogP) is 2.63. The van der Waals surface area contributed by atoms with Crippen LogP contribution in [-0.2, 0) is 11.3 Å². The molecule has 0 aromatic heterocycles. The summed E-state index contributed by atoms with van der Waals surface area (Å²) in [5.41, 5.74) is 1.16. The first-order valence-electron chi connectivity index (χ1n) is 8.81. The normalized spacial score (nSPS) is 14.6. The molecule has 0 bridgehead atoms. The van der Waals surface area contributed by atoms with Gasteiger partial charge in [0.2, 0.25) is 0 Å². The zero-order valence-electron chi connectivity index (χ0n) is 14.8. The fraction of sp³-hybridized carbons (Fsp3) is 0.300. The van der Waals surface area contributed by atoms with Crippen LogP contribution in [0.3, 0.4) is 0 Å². The Morgan fingerprint density at radius 2 is 1.67 bits per heavy atom. The van der Waals surface area contributed by atoms with E-state index < -0.39 is 6.09 Å². The SMILES string of the molecule is O=C(NC1CCN(C(=O)c2cc(O)cc(O)c2)CC1)OCc1ccccc1. The Balaban J connectivity index is 1.45. The van der Waals surface area contributed by atoms with Crippen LogP contribution in [0.2, 0.25) is 0 Å². The number of aromatic hydroxyl groups is 2. The minimum atomic E-state index is -0.471. The van der Waals surface area contributed by atoms with Crippen molar-refractivity contribution in [2.75, 3.05) is 13.1 Å². The molecule has 142 valence electrons. The molecule has 3 rings (SSSR count). The molecule has 0 atom stereocenters. The lowest BCUT2D eigenvalue weighted by atomic mass is 10.0. The number of nitrogens with one attached hydrogen (secondary N) is 1. The highest BCUT2D eigenvalue weighted by Gasteiger charge is 2.25. The van der Waals surface area contributed by atoms with Gasteiger partial charge in [0.1, 0.15) is 18.1 Å². The molecule has 2 amide bonds. The van der Waals surface area contributed by atoms with Gasteiger partial charge < -0.3 is 25.2 Å². The number of ether oxygens (including phenoxy) is 1. The van der Waals surface area contributed by atoms with Gasteiger partial charge in [-0.05, 0) is 30.5 Å². The molecule has 0 spiro atoms. The summed E-state index contributed by atoms with van der Waals surface area (Å²) < 4.78 is 5.21. The van der Waals surface area contributed by atoms with Gasteiger partial charge in [-0.15, -0.1) is 0 Å². The van der Waals surface area contributed by atoms with Gasteiger partial charge in [-0.2, -0.15) is 0 Å². The fourth-order valence-corrected chi connectivity index (χ4v) is 3.06. The van der Waals surface area contributed by atoms with Gasteiger partial charge in [0, 0.05) is 30.8 Å².